The number of hydrogen-bond donors (Lipinski definition) is 2. The number of benzene rings is 1. The van der Waals surface area contributed by atoms with Crippen molar-refractivity contribution in [2.24, 2.45) is 5.92 Å². The van der Waals surface area contributed by atoms with Crippen LogP contribution in [0.5, 0.6) is 0 Å². The molecule has 0 aliphatic carbocycles. The molecular formula is C26H41ClN4O3. The molecule has 0 aromatic heterocycles. The number of anilines is 1. The Kier molecular flexibility index (Phi) is 11.7. The van der Waals surface area contributed by atoms with Crippen LogP contribution in [0.1, 0.15) is 72.6 Å². The van der Waals surface area contributed by atoms with Gasteiger partial charge in [-0.05, 0) is 43.5 Å². The number of carbonyl (C=O) groups is 3. The summed E-state index contributed by atoms with van der Waals surface area (Å²) in [5, 5.41) is 6.51. The standard InChI is InChI=1S/C26H41ClN4O3/c1-5-7-8-9-10-11-23(32)29-24(19(3)6-2)25(33)30-16-17-31(20(4)18-30)26(34)28-22-14-12-21(27)13-15-22/h12-15,19-20,24H,5-11,16-18H2,1-4H3,(H,28,34)(H,29,32). The molecule has 0 spiro atoms. The molecule has 1 fully saturated rings. The molecule has 1 saturated heterocycles. The zero-order chi connectivity index (χ0) is 25.1. The molecule has 1 heterocycles. The highest BCUT2D eigenvalue weighted by molar-refractivity contribution is 6.30. The molecule has 0 saturated carbocycles. The summed E-state index contributed by atoms with van der Waals surface area (Å²) in [4.78, 5) is 42.2. The van der Waals surface area contributed by atoms with Crippen molar-refractivity contribution in [2.75, 3.05) is 25.0 Å². The van der Waals surface area contributed by atoms with Gasteiger partial charge in [0, 0.05) is 42.8 Å². The number of hydrogen-bond acceptors (Lipinski definition) is 3. The summed E-state index contributed by atoms with van der Waals surface area (Å²) < 4.78 is 0. The van der Waals surface area contributed by atoms with Gasteiger partial charge in [-0.2, -0.15) is 0 Å². The van der Waals surface area contributed by atoms with Crippen LogP contribution in [0.3, 0.4) is 0 Å². The van der Waals surface area contributed by atoms with E-state index < -0.39 is 6.04 Å². The molecule has 3 unspecified atom stereocenters. The maximum atomic E-state index is 13.4. The second-order valence-electron chi connectivity index (χ2n) is 9.36. The van der Waals surface area contributed by atoms with Crippen LogP contribution in [-0.4, -0.2) is 59.4 Å². The van der Waals surface area contributed by atoms with Crippen LogP contribution in [0.25, 0.3) is 0 Å². The van der Waals surface area contributed by atoms with Crippen molar-refractivity contribution in [3.63, 3.8) is 0 Å². The largest absolute Gasteiger partial charge is 0.344 e. The summed E-state index contributed by atoms with van der Waals surface area (Å²) in [5.41, 5.74) is 0.675. The van der Waals surface area contributed by atoms with E-state index >= 15 is 0 Å². The first-order valence-corrected chi connectivity index (χ1v) is 13.1. The number of nitrogens with one attached hydrogen (secondary N) is 2. The van der Waals surface area contributed by atoms with E-state index in [0.717, 1.165) is 25.7 Å². The second kappa shape index (κ2) is 14.2. The van der Waals surface area contributed by atoms with Gasteiger partial charge >= 0.3 is 6.03 Å². The molecule has 1 aromatic rings. The highest BCUT2D eigenvalue weighted by Gasteiger charge is 2.35. The summed E-state index contributed by atoms with van der Waals surface area (Å²) in [6.07, 6.45) is 6.66. The fraction of sp³-hybridized carbons (Fsp3) is 0.654. The van der Waals surface area contributed by atoms with Gasteiger partial charge in [-0.25, -0.2) is 4.79 Å². The number of carbonyl (C=O) groups excluding carboxylic acids is 3. The SMILES string of the molecule is CCCCCCCC(=O)NC(C(=O)N1CCN(C(=O)Nc2ccc(Cl)cc2)C(C)C1)C(C)CC. The number of amides is 4. The van der Waals surface area contributed by atoms with E-state index in [-0.39, 0.29) is 29.8 Å². The van der Waals surface area contributed by atoms with E-state index in [2.05, 4.69) is 17.6 Å². The summed E-state index contributed by atoms with van der Waals surface area (Å²) in [7, 11) is 0. The van der Waals surface area contributed by atoms with Crippen LogP contribution < -0.4 is 10.6 Å². The minimum Gasteiger partial charge on any atom is -0.344 e. The molecule has 1 aromatic carbocycles. The van der Waals surface area contributed by atoms with E-state index in [1.54, 1.807) is 34.1 Å². The van der Waals surface area contributed by atoms with Crippen LogP contribution >= 0.6 is 11.6 Å². The molecule has 1 aliphatic rings. The number of unbranched alkanes of at least 4 members (excludes halogenated alkanes) is 4. The van der Waals surface area contributed by atoms with Crippen molar-refractivity contribution >= 4 is 35.1 Å². The third-order valence-electron chi connectivity index (χ3n) is 6.60. The van der Waals surface area contributed by atoms with Gasteiger partial charge in [0.15, 0.2) is 0 Å². The third-order valence-corrected chi connectivity index (χ3v) is 6.85. The van der Waals surface area contributed by atoms with Crippen molar-refractivity contribution < 1.29 is 14.4 Å². The highest BCUT2D eigenvalue weighted by Crippen LogP contribution is 2.18. The number of urea groups is 1. The molecule has 2 rings (SSSR count). The quantitative estimate of drug-likeness (QED) is 0.411. The lowest BCUT2D eigenvalue weighted by molar-refractivity contribution is -0.139. The maximum Gasteiger partial charge on any atom is 0.322 e. The molecule has 190 valence electrons. The van der Waals surface area contributed by atoms with Gasteiger partial charge in [0.05, 0.1) is 0 Å². The summed E-state index contributed by atoms with van der Waals surface area (Å²) >= 11 is 5.91. The van der Waals surface area contributed by atoms with Crippen molar-refractivity contribution in [2.45, 2.75) is 84.7 Å². The Morgan fingerprint density at radius 3 is 2.35 bits per heavy atom. The molecule has 7 nitrogen and oxygen atoms in total. The Balaban J connectivity index is 1.91. The second-order valence-corrected chi connectivity index (χ2v) is 9.80. The van der Waals surface area contributed by atoms with E-state index in [4.69, 9.17) is 11.6 Å². The molecule has 8 heteroatoms. The van der Waals surface area contributed by atoms with Gasteiger partial charge in [-0.3, -0.25) is 9.59 Å². The number of piperazine rings is 1. The normalized spacial score (nSPS) is 17.7. The highest BCUT2D eigenvalue weighted by atomic mass is 35.5. The van der Waals surface area contributed by atoms with Crippen LogP contribution in [0.2, 0.25) is 5.02 Å². The molecule has 34 heavy (non-hydrogen) atoms. The van der Waals surface area contributed by atoms with E-state index in [1.807, 2.05) is 20.8 Å². The first-order chi connectivity index (χ1) is 16.3. The van der Waals surface area contributed by atoms with Gasteiger partial charge in [0.1, 0.15) is 6.04 Å². The van der Waals surface area contributed by atoms with Crippen molar-refractivity contribution in [1.29, 1.82) is 0 Å². The molecule has 1 aliphatic heterocycles. The Hall–Kier alpha value is -2.28. The molecular weight excluding hydrogens is 452 g/mol. The maximum absolute atomic E-state index is 13.4. The summed E-state index contributed by atoms with van der Waals surface area (Å²) in [6.45, 7) is 9.46. The van der Waals surface area contributed by atoms with Crippen molar-refractivity contribution in [1.82, 2.24) is 15.1 Å². The summed E-state index contributed by atoms with van der Waals surface area (Å²) in [6, 6.07) is 6.10. The zero-order valence-electron chi connectivity index (χ0n) is 21.1. The first-order valence-electron chi connectivity index (χ1n) is 12.7. The van der Waals surface area contributed by atoms with Crippen LogP contribution in [0.4, 0.5) is 10.5 Å². The minimum atomic E-state index is -0.533. The Morgan fingerprint density at radius 1 is 1.06 bits per heavy atom. The average Bonchev–Trinajstić information content (AvgIpc) is 2.82. The number of nitrogens with zero attached hydrogens (tertiary/aromatic N) is 2. The lowest BCUT2D eigenvalue weighted by atomic mass is 9.96. The lowest BCUT2D eigenvalue weighted by Gasteiger charge is -2.41. The van der Waals surface area contributed by atoms with Gasteiger partial charge < -0.3 is 20.4 Å². The fourth-order valence-corrected chi connectivity index (χ4v) is 4.33. The predicted octanol–water partition coefficient (Wildman–Crippen LogP) is 5.30. The third kappa shape index (κ3) is 8.49. The van der Waals surface area contributed by atoms with Crippen LogP contribution in [-0.2, 0) is 9.59 Å². The molecule has 3 atom stereocenters. The Morgan fingerprint density at radius 2 is 1.74 bits per heavy atom. The van der Waals surface area contributed by atoms with Crippen LogP contribution in [0.15, 0.2) is 24.3 Å². The smallest absolute Gasteiger partial charge is 0.322 e. The minimum absolute atomic E-state index is 0.0399. The van der Waals surface area contributed by atoms with Crippen molar-refractivity contribution in [3.05, 3.63) is 29.3 Å². The van der Waals surface area contributed by atoms with Crippen molar-refractivity contribution in [3.8, 4) is 0 Å². The first kappa shape index (κ1) is 28.0. The van der Waals surface area contributed by atoms with E-state index in [0.29, 0.717) is 36.8 Å². The zero-order valence-corrected chi connectivity index (χ0v) is 21.9. The van der Waals surface area contributed by atoms with Gasteiger partial charge in [0.25, 0.3) is 0 Å². The Labute approximate surface area is 209 Å². The Bertz CT molecular complexity index is 802. The number of halogens is 1. The number of rotatable bonds is 11. The monoisotopic (exact) mass is 492 g/mol. The molecule has 2 N–H and O–H groups in total. The lowest BCUT2D eigenvalue weighted by Crippen LogP contribution is -2.60. The van der Waals surface area contributed by atoms with Gasteiger partial charge in [-0.15, -0.1) is 0 Å². The van der Waals surface area contributed by atoms with E-state index in [9.17, 15) is 14.4 Å². The fourth-order valence-electron chi connectivity index (χ4n) is 4.20. The van der Waals surface area contributed by atoms with E-state index in [1.165, 1.54) is 12.8 Å². The van der Waals surface area contributed by atoms with Gasteiger partial charge in [0.2, 0.25) is 11.8 Å². The van der Waals surface area contributed by atoms with Crippen LogP contribution in [0, 0.1) is 5.92 Å². The van der Waals surface area contributed by atoms with Gasteiger partial charge in [-0.1, -0.05) is 64.5 Å². The molecule has 0 bridgehead atoms. The summed E-state index contributed by atoms with van der Waals surface area (Å²) in [5.74, 6) is -0.0689. The average molecular weight is 493 g/mol. The topological polar surface area (TPSA) is 81.8 Å². The molecule has 4 amide bonds. The molecule has 0 radical (unpaired) electrons. The predicted molar refractivity (Wildman–Crippen MR) is 138 cm³/mol.